The third-order valence-corrected chi connectivity index (χ3v) is 4.55. The quantitative estimate of drug-likeness (QED) is 0.336. The van der Waals surface area contributed by atoms with E-state index in [2.05, 4.69) is 6.58 Å². The van der Waals surface area contributed by atoms with Crippen LogP contribution in [0.4, 0.5) is 0 Å². The molecule has 4 bridgehead atoms. The zero-order valence-corrected chi connectivity index (χ0v) is 12.4. The van der Waals surface area contributed by atoms with Crippen LogP contribution in [0.25, 0.3) is 0 Å². The van der Waals surface area contributed by atoms with Gasteiger partial charge in [0.15, 0.2) is 0 Å². The van der Waals surface area contributed by atoms with Crippen molar-refractivity contribution in [2.24, 2.45) is 17.8 Å². The molecule has 4 heteroatoms. The second kappa shape index (κ2) is 4.60. The minimum atomic E-state index is -1.27. The van der Waals surface area contributed by atoms with E-state index in [4.69, 9.17) is 4.74 Å². The zero-order valence-electron chi connectivity index (χ0n) is 10.4. The summed E-state index contributed by atoms with van der Waals surface area (Å²) in [6.07, 6.45) is 7.02. The minimum absolute atomic E-state index is 0. The first-order valence-corrected chi connectivity index (χ1v) is 6.15. The summed E-state index contributed by atoms with van der Waals surface area (Å²) in [5.74, 6) is 0.806. The van der Waals surface area contributed by atoms with Crippen LogP contribution in [-0.2, 0) is 9.53 Å². The number of carbonyl (C=O) groups is 1. The maximum Gasteiger partial charge on any atom is 1.00 e. The molecule has 0 N–H and O–H groups in total. The number of aliphatic carboxylic acids is 1. The number of hydrogen-bond donors (Lipinski definition) is 0. The molecular formula is C13H17NaO3. The van der Waals surface area contributed by atoms with Gasteiger partial charge in [-0.1, -0.05) is 6.58 Å². The van der Waals surface area contributed by atoms with Gasteiger partial charge in [0, 0.05) is 0 Å². The molecule has 0 atom stereocenters. The van der Waals surface area contributed by atoms with Gasteiger partial charge in [0.1, 0.15) is 17.3 Å². The molecule has 4 fully saturated rings. The van der Waals surface area contributed by atoms with Crippen LogP contribution < -0.4 is 34.7 Å². The first-order valence-electron chi connectivity index (χ1n) is 6.15. The third kappa shape index (κ3) is 2.42. The van der Waals surface area contributed by atoms with Crippen LogP contribution >= 0.6 is 0 Å². The summed E-state index contributed by atoms with van der Waals surface area (Å²) >= 11 is 0. The minimum Gasteiger partial charge on any atom is -0.542 e. The van der Waals surface area contributed by atoms with Crippen LogP contribution in [0.5, 0.6) is 0 Å². The van der Waals surface area contributed by atoms with Gasteiger partial charge in [-0.05, 0) is 56.3 Å². The molecule has 0 spiro atoms. The van der Waals surface area contributed by atoms with Gasteiger partial charge in [0.05, 0.1) is 0 Å². The SMILES string of the molecule is C=C(OC12CC3CC(CC(C3)C1)C2)C(=O)[O-].[Na+]. The normalized spacial score (nSPS) is 41.8. The van der Waals surface area contributed by atoms with Gasteiger partial charge in [-0.2, -0.15) is 0 Å². The Kier molecular flexibility index (Phi) is 3.64. The molecule has 0 unspecified atom stereocenters. The Morgan fingerprint density at radius 3 is 1.88 bits per heavy atom. The van der Waals surface area contributed by atoms with Gasteiger partial charge in [0.2, 0.25) is 0 Å². The van der Waals surface area contributed by atoms with Crippen LogP contribution in [0, 0.1) is 17.8 Å². The van der Waals surface area contributed by atoms with E-state index in [9.17, 15) is 9.90 Å². The van der Waals surface area contributed by atoms with Gasteiger partial charge in [0.25, 0.3) is 0 Å². The maximum absolute atomic E-state index is 10.7. The van der Waals surface area contributed by atoms with E-state index in [-0.39, 0.29) is 40.9 Å². The Hall–Kier alpha value is 0.0100. The topological polar surface area (TPSA) is 49.4 Å². The Morgan fingerprint density at radius 1 is 1.12 bits per heavy atom. The van der Waals surface area contributed by atoms with Crippen LogP contribution in [-0.4, -0.2) is 11.6 Å². The second-order valence-electron chi connectivity index (χ2n) is 5.91. The first-order chi connectivity index (χ1) is 7.56. The van der Waals surface area contributed by atoms with Crippen LogP contribution in [0.2, 0.25) is 0 Å². The van der Waals surface area contributed by atoms with Gasteiger partial charge in [-0.3, -0.25) is 0 Å². The fourth-order valence-corrected chi connectivity index (χ4v) is 4.46. The average molecular weight is 244 g/mol. The largest absolute Gasteiger partial charge is 1.00 e. The molecule has 4 aliphatic rings. The summed E-state index contributed by atoms with van der Waals surface area (Å²) in [5.41, 5.74) is -0.216. The zero-order chi connectivity index (χ0) is 11.3. The van der Waals surface area contributed by atoms with Crippen molar-refractivity contribution >= 4 is 5.97 Å². The smallest absolute Gasteiger partial charge is 0.542 e. The van der Waals surface area contributed by atoms with Gasteiger partial charge < -0.3 is 14.6 Å². The van der Waals surface area contributed by atoms with E-state index in [0.717, 1.165) is 37.0 Å². The number of hydrogen-bond acceptors (Lipinski definition) is 3. The fraction of sp³-hybridized carbons (Fsp3) is 0.769. The van der Waals surface area contributed by atoms with Crippen LogP contribution in [0.3, 0.4) is 0 Å². The van der Waals surface area contributed by atoms with Crippen molar-refractivity contribution in [2.75, 3.05) is 0 Å². The average Bonchev–Trinajstić information content (AvgIpc) is 2.13. The molecule has 88 valence electrons. The van der Waals surface area contributed by atoms with Gasteiger partial charge >= 0.3 is 29.6 Å². The molecular weight excluding hydrogens is 227 g/mol. The monoisotopic (exact) mass is 244 g/mol. The maximum atomic E-state index is 10.7. The predicted molar refractivity (Wildman–Crippen MR) is 56.1 cm³/mol. The number of carboxylic acids is 1. The van der Waals surface area contributed by atoms with Crippen molar-refractivity contribution in [2.45, 2.75) is 44.1 Å². The van der Waals surface area contributed by atoms with E-state index in [1.807, 2.05) is 0 Å². The number of carbonyl (C=O) groups excluding carboxylic acids is 1. The van der Waals surface area contributed by atoms with Gasteiger partial charge in [-0.15, -0.1) is 0 Å². The molecule has 3 nitrogen and oxygen atoms in total. The summed E-state index contributed by atoms with van der Waals surface area (Å²) in [5, 5.41) is 10.7. The summed E-state index contributed by atoms with van der Waals surface area (Å²) in [4.78, 5) is 10.7. The van der Waals surface area contributed by atoms with Crippen LogP contribution in [0.1, 0.15) is 38.5 Å². The molecule has 0 aromatic heterocycles. The summed E-state index contributed by atoms with van der Waals surface area (Å²) in [7, 11) is 0. The van der Waals surface area contributed by atoms with Crippen molar-refractivity contribution in [3.63, 3.8) is 0 Å². The number of carboxylic acid groups (broad SMARTS) is 1. The van der Waals surface area contributed by atoms with E-state index >= 15 is 0 Å². The molecule has 0 aromatic rings. The van der Waals surface area contributed by atoms with Crippen LogP contribution in [0.15, 0.2) is 12.3 Å². The van der Waals surface area contributed by atoms with Crippen molar-refractivity contribution in [1.82, 2.24) is 0 Å². The van der Waals surface area contributed by atoms with E-state index in [1.54, 1.807) is 0 Å². The Morgan fingerprint density at radius 2 is 1.53 bits per heavy atom. The molecule has 0 amide bonds. The standard InChI is InChI=1S/C13H18O3.Na/c1-8(12(14)15)16-13-5-9-2-10(6-13)4-11(3-9)7-13;/h9-11H,1-7H2,(H,14,15);/q;+1/p-1. The molecule has 0 aromatic carbocycles. The summed E-state index contributed by atoms with van der Waals surface area (Å²) in [6, 6.07) is 0. The van der Waals surface area contributed by atoms with Crippen molar-refractivity contribution in [3.05, 3.63) is 12.3 Å². The molecule has 17 heavy (non-hydrogen) atoms. The summed E-state index contributed by atoms with van der Waals surface area (Å²) < 4.78 is 5.66. The summed E-state index contributed by atoms with van der Waals surface area (Å²) in [6.45, 7) is 3.45. The Balaban J connectivity index is 0.00000108. The predicted octanol–water partition coefficient (Wildman–Crippen LogP) is -1.76. The fourth-order valence-electron chi connectivity index (χ4n) is 4.46. The van der Waals surface area contributed by atoms with Gasteiger partial charge in [-0.25, -0.2) is 0 Å². The molecule has 0 aliphatic heterocycles. The Bertz CT molecular complexity index is 315. The van der Waals surface area contributed by atoms with E-state index in [0.29, 0.717) is 0 Å². The van der Waals surface area contributed by atoms with Crippen molar-refractivity contribution < 1.29 is 44.2 Å². The second-order valence-corrected chi connectivity index (χ2v) is 5.91. The molecule has 0 radical (unpaired) electrons. The Labute approximate surface area is 124 Å². The number of rotatable bonds is 3. The van der Waals surface area contributed by atoms with E-state index < -0.39 is 5.97 Å². The number of ether oxygens (including phenoxy) is 1. The molecule has 4 rings (SSSR count). The van der Waals surface area contributed by atoms with Crippen molar-refractivity contribution in [3.8, 4) is 0 Å². The molecule has 0 saturated heterocycles. The molecule has 4 saturated carbocycles. The third-order valence-electron chi connectivity index (χ3n) is 4.55. The molecule has 4 aliphatic carbocycles. The van der Waals surface area contributed by atoms with E-state index in [1.165, 1.54) is 19.3 Å². The van der Waals surface area contributed by atoms with Crippen molar-refractivity contribution in [1.29, 1.82) is 0 Å². The molecule has 0 heterocycles. The first kappa shape index (κ1) is 13.4.